The summed E-state index contributed by atoms with van der Waals surface area (Å²) in [4.78, 5) is 17.9. The molecular weight excluding hydrogens is 332 g/mol. The van der Waals surface area contributed by atoms with Gasteiger partial charge in [0.25, 0.3) is 0 Å². The number of rotatable bonds is 4. The minimum absolute atomic E-state index is 0.0422. The van der Waals surface area contributed by atoms with Crippen molar-refractivity contribution in [3.8, 4) is 11.1 Å². The number of thiazole rings is 1. The first-order valence-corrected chi connectivity index (χ1v) is 9.10. The monoisotopic (exact) mass is 350 g/mol. The first-order chi connectivity index (χ1) is 12.3. The number of carbonyl (C=O) groups is 1. The highest BCUT2D eigenvalue weighted by molar-refractivity contribution is 7.15. The molecule has 1 aromatic heterocycles. The molecule has 25 heavy (non-hydrogen) atoms. The first kappa shape index (κ1) is 16.0. The summed E-state index contributed by atoms with van der Waals surface area (Å²) in [5.74, 6) is -0.0422. The lowest BCUT2D eigenvalue weighted by Crippen LogP contribution is -2.14. The van der Waals surface area contributed by atoms with Gasteiger partial charge in [0.2, 0.25) is 5.91 Å². The van der Waals surface area contributed by atoms with Crippen molar-refractivity contribution in [2.24, 2.45) is 0 Å². The number of amides is 1. The molecular formula is C20H18N2O2S. The molecule has 1 aliphatic rings. The molecule has 0 saturated carbocycles. The third-order valence-corrected chi connectivity index (χ3v) is 5.15. The smallest absolute Gasteiger partial charge is 0.230 e. The van der Waals surface area contributed by atoms with Crippen LogP contribution in [0.3, 0.4) is 0 Å². The summed E-state index contributed by atoms with van der Waals surface area (Å²) >= 11 is 1.51. The van der Waals surface area contributed by atoms with E-state index >= 15 is 0 Å². The number of ether oxygens (including phenoxy) is 1. The predicted molar refractivity (Wildman–Crippen MR) is 99.7 cm³/mol. The zero-order chi connectivity index (χ0) is 17.1. The van der Waals surface area contributed by atoms with Crippen LogP contribution in [0.25, 0.3) is 11.1 Å². The molecule has 0 saturated heterocycles. The van der Waals surface area contributed by atoms with Crippen LogP contribution in [0.1, 0.15) is 16.1 Å². The van der Waals surface area contributed by atoms with Gasteiger partial charge in [0.05, 0.1) is 30.2 Å². The van der Waals surface area contributed by atoms with Crippen LogP contribution in [-0.2, 0) is 29.0 Å². The summed E-state index contributed by atoms with van der Waals surface area (Å²) in [7, 11) is 0. The number of nitrogens with one attached hydrogen (secondary N) is 1. The second-order valence-electron chi connectivity index (χ2n) is 5.98. The lowest BCUT2D eigenvalue weighted by atomic mass is 10.0. The van der Waals surface area contributed by atoms with Gasteiger partial charge >= 0.3 is 0 Å². The molecule has 0 radical (unpaired) electrons. The highest BCUT2D eigenvalue weighted by atomic mass is 32.1. The number of fused-ring (bicyclic) bond motifs is 1. The van der Waals surface area contributed by atoms with Crippen LogP contribution in [0, 0.1) is 0 Å². The molecule has 2 aromatic carbocycles. The van der Waals surface area contributed by atoms with Crippen LogP contribution in [-0.4, -0.2) is 17.5 Å². The standard InChI is InChI=1S/C20H18N2O2S/c23-19(22-20-21-17-10-11-24-13-18(17)25-20)12-14-6-8-16(9-7-14)15-4-2-1-3-5-15/h1-9H,10-13H2,(H,21,22,23). The lowest BCUT2D eigenvalue weighted by Gasteiger charge is -2.08. The molecule has 126 valence electrons. The molecule has 4 rings (SSSR count). The van der Waals surface area contributed by atoms with Gasteiger partial charge in [-0.1, -0.05) is 65.9 Å². The second-order valence-corrected chi connectivity index (χ2v) is 7.06. The number of hydrogen-bond acceptors (Lipinski definition) is 4. The maximum Gasteiger partial charge on any atom is 0.230 e. The molecule has 3 aromatic rings. The summed E-state index contributed by atoms with van der Waals surface area (Å²) < 4.78 is 5.42. The number of nitrogens with zero attached hydrogens (tertiary/aromatic N) is 1. The normalized spacial score (nSPS) is 13.3. The van der Waals surface area contributed by atoms with Crippen molar-refractivity contribution >= 4 is 22.4 Å². The van der Waals surface area contributed by atoms with E-state index in [2.05, 4.69) is 34.6 Å². The van der Waals surface area contributed by atoms with Gasteiger partial charge < -0.3 is 10.1 Å². The fourth-order valence-electron chi connectivity index (χ4n) is 2.87. The Morgan fingerprint density at radius 2 is 1.84 bits per heavy atom. The van der Waals surface area contributed by atoms with E-state index in [-0.39, 0.29) is 5.91 Å². The fraction of sp³-hybridized carbons (Fsp3) is 0.200. The SMILES string of the molecule is O=C(Cc1ccc(-c2ccccc2)cc1)Nc1nc2c(s1)COCC2. The van der Waals surface area contributed by atoms with E-state index in [4.69, 9.17) is 4.74 Å². The largest absolute Gasteiger partial charge is 0.375 e. The summed E-state index contributed by atoms with van der Waals surface area (Å²) in [6.45, 7) is 1.31. The van der Waals surface area contributed by atoms with E-state index in [0.29, 0.717) is 24.8 Å². The van der Waals surface area contributed by atoms with Crippen molar-refractivity contribution in [2.75, 3.05) is 11.9 Å². The molecule has 0 fully saturated rings. The zero-order valence-corrected chi connectivity index (χ0v) is 14.5. The Morgan fingerprint density at radius 1 is 1.08 bits per heavy atom. The maximum absolute atomic E-state index is 12.3. The minimum Gasteiger partial charge on any atom is -0.375 e. The molecule has 4 nitrogen and oxygen atoms in total. The number of carbonyl (C=O) groups excluding carboxylic acids is 1. The second kappa shape index (κ2) is 7.17. The van der Waals surface area contributed by atoms with E-state index in [0.717, 1.165) is 28.1 Å². The molecule has 5 heteroatoms. The molecule has 1 aliphatic heterocycles. The number of hydrogen-bond donors (Lipinski definition) is 1. The van der Waals surface area contributed by atoms with Crippen LogP contribution in [0.5, 0.6) is 0 Å². The fourth-order valence-corrected chi connectivity index (χ4v) is 3.83. The Kier molecular flexibility index (Phi) is 4.59. The number of anilines is 1. The Labute approximate surface area is 150 Å². The van der Waals surface area contributed by atoms with Gasteiger partial charge in [-0.3, -0.25) is 4.79 Å². The van der Waals surface area contributed by atoms with Gasteiger partial charge in [0.1, 0.15) is 0 Å². The Balaban J connectivity index is 1.40. The van der Waals surface area contributed by atoms with Crippen LogP contribution in [0.2, 0.25) is 0 Å². The quantitative estimate of drug-likeness (QED) is 0.772. The molecule has 2 heterocycles. The first-order valence-electron chi connectivity index (χ1n) is 8.28. The van der Waals surface area contributed by atoms with Gasteiger partial charge in [0.15, 0.2) is 5.13 Å². The molecule has 0 spiro atoms. The van der Waals surface area contributed by atoms with Crippen molar-refractivity contribution in [1.82, 2.24) is 4.98 Å². The van der Waals surface area contributed by atoms with E-state index in [1.54, 1.807) is 0 Å². The molecule has 0 aliphatic carbocycles. The van der Waals surface area contributed by atoms with Gasteiger partial charge in [0, 0.05) is 6.42 Å². The van der Waals surface area contributed by atoms with Crippen molar-refractivity contribution in [3.63, 3.8) is 0 Å². The summed E-state index contributed by atoms with van der Waals surface area (Å²) in [5, 5.41) is 3.57. The Morgan fingerprint density at radius 3 is 2.60 bits per heavy atom. The Bertz CT molecular complexity index is 849. The third kappa shape index (κ3) is 3.78. The molecule has 1 amide bonds. The zero-order valence-electron chi connectivity index (χ0n) is 13.7. The number of benzene rings is 2. The summed E-state index contributed by atoms with van der Waals surface area (Å²) in [6, 6.07) is 18.3. The molecule has 1 N–H and O–H groups in total. The highest BCUT2D eigenvalue weighted by Crippen LogP contribution is 2.27. The van der Waals surface area contributed by atoms with Crippen molar-refractivity contribution < 1.29 is 9.53 Å². The summed E-state index contributed by atoms with van der Waals surface area (Å²) in [6.07, 6.45) is 1.17. The molecule has 0 bridgehead atoms. The average molecular weight is 350 g/mol. The van der Waals surface area contributed by atoms with Crippen LogP contribution in [0.4, 0.5) is 5.13 Å². The van der Waals surface area contributed by atoms with Crippen molar-refractivity contribution in [1.29, 1.82) is 0 Å². The van der Waals surface area contributed by atoms with Gasteiger partial charge in [-0.25, -0.2) is 4.98 Å². The molecule has 0 unspecified atom stereocenters. The van der Waals surface area contributed by atoms with E-state index in [1.165, 1.54) is 16.9 Å². The maximum atomic E-state index is 12.3. The topological polar surface area (TPSA) is 51.2 Å². The summed E-state index contributed by atoms with van der Waals surface area (Å²) in [5.41, 5.74) is 4.37. The van der Waals surface area contributed by atoms with Crippen molar-refractivity contribution in [3.05, 3.63) is 70.7 Å². The third-order valence-electron chi connectivity index (χ3n) is 4.17. The van der Waals surface area contributed by atoms with E-state index in [1.807, 2.05) is 30.3 Å². The van der Waals surface area contributed by atoms with Crippen LogP contribution >= 0.6 is 11.3 Å². The minimum atomic E-state index is -0.0422. The van der Waals surface area contributed by atoms with Gasteiger partial charge in [-0.05, 0) is 16.7 Å². The van der Waals surface area contributed by atoms with E-state index < -0.39 is 0 Å². The van der Waals surface area contributed by atoms with Crippen LogP contribution < -0.4 is 5.32 Å². The molecule has 0 atom stereocenters. The van der Waals surface area contributed by atoms with Gasteiger partial charge in [-0.15, -0.1) is 0 Å². The Hall–Kier alpha value is -2.50. The predicted octanol–water partition coefficient (Wildman–Crippen LogP) is 4.06. The number of aromatic nitrogens is 1. The van der Waals surface area contributed by atoms with Crippen molar-refractivity contribution in [2.45, 2.75) is 19.4 Å². The van der Waals surface area contributed by atoms with Gasteiger partial charge in [-0.2, -0.15) is 0 Å². The average Bonchev–Trinajstić information content (AvgIpc) is 3.05. The lowest BCUT2D eigenvalue weighted by molar-refractivity contribution is -0.115. The van der Waals surface area contributed by atoms with Crippen LogP contribution in [0.15, 0.2) is 54.6 Å². The highest BCUT2D eigenvalue weighted by Gasteiger charge is 2.16. The van der Waals surface area contributed by atoms with E-state index in [9.17, 15) is 4.79 Å².